The first-order valence-electron chi connectivity index (χ1n) is 11.4. The number of rotatable bonds is 13. The van der Waals surface area contributed by atoms with Crippen molar-refractivity contribution in [3.05, 3.63) is 95.0 Å². The topological polar surface area (TPSA) is 86.3 Å². The van der Waals surface area contributed by atoms with E-state index in [4.69, 9.17) is 30.5 Å². The fourth-order valence-corrected chi connectivity index (χ4v) is 3.49. The molecule has 3 aromatic carbocycles. The van der Waals surface area contributed by atoms with Gasteiger partial charge in [0.05, 0.1) is 19.2 Å². The highest BCUT2D eigenvalue weighted by Crippen LogP contribution is 2.24. The lowest BCUT2D eigenvalue weighted by Gasteiger charge is -2.19. The number of esters is 1. The zero-order valence-corrected chi connectivity index (χ0v) is 21.0. The quantitative estimate of drug-likeness (QED) is 0.152. The van der Waals surface area contributed by atoms with Crippen LogP contribution in [-0.2, 0) is 14.3 Å². The maximum absolute atomic E-state index is 12.3. The van der Waals surface area contributed by atoms with Crippen LogP contribution in [-0.4, -0.2) is 57.4 Å². The van der Waals surface area contributed by atoms with E-state index < -0.39 is 18.4 Å². The molecule has 0 aliphatic heterocycles. The van der Waals surface area contributed by atoms with Crippen LogP contribution in [0.25, 0.3) is 11.6 Å². The van der Waals surface area contributed by atoms with Crippen molar-refractivity contribution in [3.8, 4) is 11.5 Å². The molecule has 2 unspecified atom stereocenters. The standard InChI is InChI=1S/C28H30ClNO6/c1-33-27(36-25-9-4-3-5-10-25)18-30-17-23(31)19-35-24-13-11-20(12-14-24)15-26(28(32)34-2)21-7-6-8-22(29)16-21/h3-16,23,27,30-31H,17-19H2,1-2H3. The Bertz CT molecular complexity index is 1120. The van der Waals surface area contributed by atoms with E-state index in [0.29, 0.717) is 40.7 Å². The van der Waals surface area contributed by atoms with Crippen LogP contribution in [0.5, 0.6) is 11.5 Å². The third kappa shape index (κ3) is 8.70. The molecule has 0 spiro atoms. The molecule has 0 bridgehead atoms. The minimum Gasteiger partial charge on any atom is -0.491 e. The summed E-state index contributed by atoms with van der Waals surface area (Å²) >= 11 is 6.07. The summed E-state index contributed by atoms with van der Waals surface area (Å²) in [7, 11) is 2.90. The molecule has 36 heavy (non-hydrogen) atoms. The number of nitrogens with one attached hydrogen (secondary N) is 1. The monoisotopic (exact) mass is 511 g/mol. The Balaban J connectivity index is 1.49. The summed E-state index contributed by atoms with van der Waals surface area (Å²) in [5.41, 5.74) is 1.84. The number of benzene rings is 3. The summed E-state index contributed by atoms with van der Waals surface area (Å²) in [6.45, 7) is 0.814. The fraction of sp³-hybridized carbons (Fsp3) is 0.250. The lowest BCUT2D eigenvalue weighted by Crippen LogP contribution is -2.38. The molecule has 0 fully saturated rings. The van der Waals surface area contributed by atoms with E-state index in [-0.39, 0.29) is 6.61 Å². The van der Waals surface area contributed by atoms with Crippen molar-refractivity contribution in [1.29, 1.82) is 0 Å². The van der Waals surface area contributed by atoms with Crippen LogP contribution in [0.1, 0.15) is 11.1 Å². The molecule has 7 nitrogen and oxygen atoms in total. The Morgan fingerprint density at radius 2 is 1.72 bits per heavy atom. The third-order valence-corrected chi connectivity index (χ3v) is 5.37. The Morgan fingerprint density at radius 1 is 0.972 bits per heavy atom. The molecular weight excluding hydrogens is 482 g/mol. The predicted octanol–water partition coefficient (Wildman–Crippen LogP) is 4.43. The predicted molar refractivity (Wildman–Crippen MR) is 140 cm³/mol. The molecule has 0 aliphatic rings. The molecule has 0 saturated heterocycles. The van der Waals surface area contributed by atoms with Crippen LogP contribution in [0.2, 0.25) is 5.02 Å². The van der Waals surface area contributed by atoms with Crippen molar-refractivity contribution in [2.75, 3.05) is 33.9 Å². The van der Waals surface area contributed by atoms with Gasteiger partial charge < -0.3 is 29.4 Å². The summed E-state index contributed by atoms with van der Waals surface area (Å²) in [4.78, 5) is 12.3. The van der Waals surface area contributed by atoms with Gasteiger partial charge in [0.2, 0.25) is 6.29 Å². The Labute approximate surface area is 216 Å². The smallest absolute Gasteiger partial charge is 0.338 e. The van der Waals surface area contributed by atoms with Gasteiger partial charge in [-0.1, -0.05) is 54.1 Å². The largest absolute Gasteiger partial charge is 0.491 e. The van der Waals surface area contributed by atoms with Crippen molar-refractivity contribution < 1.29 is 28.8 Å². The number of aliphatic hydroxyl groups excluding tert-OH is 1. The number of ether oxygens (including phenoxy) is 4. The molecule has 2 N–H and O–H groups in total. The zero-order valence-electron chi connectivity index (χ0n) is 20.2. The number of hydrogen-bond acceptors (Lipinski definition) is 7. The minimum atomic E-state index is -0.729. The van der Waals surface area contributed by atoms with Gasteiger partial charge in [0.25, 0.3) is 0 Å². The number of hydrogen-bond donors (Lipinski definition) is 2. The van der Waals surface area contributed by atoms with E-state index in [9.17, 15) is 9.90 Å². The maximum atomic E-state index is 12.3. The molecule has 0 aliphatic carbocycles. The van der Waals surface area contributed by atoms with E-state index in [1.54, 1.807) is 49.6 Å². The van der Waals surface area contributed by atoms with Crippen molar-refractivity contribution in [2.24, 2.45) is 0 Å². The number of methoxy groups -OCH3 is 2. The SMILES string of the molecule is COC(=O)C(=Cc1ccc(OCC(O)CNCC(OC)Oc2ccccc2)cc1)c1cccc(Cl)c1. The van der Waals surface area contributed by atoms with E-state index in [1.807, 2.05) is 42.5 Å². The molecule has 3 aromatic rings. The van der Waals surface area contributed by atoms with E-state index in [0.717, 1.165) is 5.56 Å². The summed E-state index contributed by atoms with van der Waals surface area (Å²) < 4.78 is 21.7. The second-order valence-corrected chi connectivity index (χ2v) is 8.28. The van der Waals surface area contributed by atoms with Crippen molar-refractivity contribution in [3.63, 3.8) is 0 Å². The van der Waals surface area contributed by atoms with Gasteiger partial charge >= 0.3 is 5.97 Å². The van der Waals surface area contributed by atoms with E-state index in [2.05, 4.69) is 5.32 Å². The molecule has 0 saturated carbocycles. The van der Waals surface area contributed by atoms with Crippen LogP contribution < -0.4 is 14.8 Å². The highest BCUT2D eigenvalue weighted by Gasteiger charge is 2.14. The van der Waals surface area contributed by atoms with Gasteiger partial charge in [0.15, 0.2) is 0 Å². The second kappa shape index (κ2) is 14.3. The average molecular weight is 512 g/mol. The lowest BCUT2D eigenvalue weighted by molar-refractivity contribution is -0.133. The molecule has 3 rings (SSSR count). The minimum absolute atomic E-state index is 0.106. The summed E-state index contributed by atoms with van der Waals surface area (Å²) in [6, 6.07) is 23.6. The molecule has 0 aromatic heterocycles. The summed E-state index contributed by atoms with van der Waals surface area (Å²) in [5, 5.41) is 13.9. The van der Waals surface area contributed by atoms with E-state index >= 15 is 0 Å². The maximum Gasteiger partial charge on any atom is 0.338 e. The molecule has 2 atom stereocenters. The molecule has 0 heterocycles. The number of halogens is 1. The Kier molecular flexibility index (Phi) is 10.8. The van der Waals surface area contributed by atoms with Gasteiger partial charge in [0.1, 0.15) is 24.2 Å². The van der Waals surface area contributed by atoms with Gasteiger partial charge in [-0.3, -0.25) is 0 Å². The van der Waals surface area contributed by atoms with Crippen LogP contribution in [0, 0.1) is 0 Å². The third-order valence-electron chi connectivity index (χ3n) is 5.14. The highest BCUT2D eigenvalue weighted by molar-refractivity contribution is 6.31. The molecule has 0 radical (unpaired) electrons. The van der Waals surface area contributed by atoms with Gasteiger partial charge in [-0.2, -0.15) is 0 Å². The molecule has 0 amide bonds. The normalized spacial score (nSPS) is 13.1. The van der Waals surface area contributed by atoms with Crippen molar-refractivity contribution in [1.82, 2.24) is 5.32 Å². The Morgan fingerprint density at radius 3 is 2.39 bits per heavy atom. The number of carbonyl (C=O) groups excluding carboxylic acids is 1. The summed E-state index contributed by atoms with van der Waals surface area (Å²) in [5.74, 6) is 0.841. The Hall–Kier alpha value is -3.36. The molecule has 8 heteroatoms. The fourth-order valence-electron chi connectivity index (χ4n) is 3.30. The van der Waals surface area contributed by atoms with Crippen LogP contribution in [0.4, 0.5) is 0 Å². The van der Waals surface area contributed by atoms with Crippen LogP contribution in [0.3, 0.4) is 0 Å². The van der Waals surface area contributed by atoms with Gasteiger partial charge in [0, 0.05) is 18.7 Å². The van der Waals surface area contributed by atoms with Crippen LogP contribution in [0.15, 0.2) is 78.9 Å². The number of aliphatic hydroxyl groups is 1. The number of carbonyl (C=O) groups is 1. The summed E-state index contributed by atoms with van der Waals surface area (Å²) in [6.07, 6.45) is 0.513. The van der Waals surface area contributed by atoms with Gasteiger partial charge in [-0.05, 0) is 53.6 Å². The zero-order chi connectivity index (χ0) is 25.8. The average Bonchev–Trinajstić information content (AvgIpc) is 2.90. The van der Waals surface area contributed by atoms with Crippen molar-refractivity contribution in [2.45, 2.75) is 12.4 Å². The van der Waals surface area contributed by atoms with Crippen LogP contribution >= 0.6 is 11.6 Å². The molecule has 190 valence electrons. The van der Waals surface area contributed by atoms with Gasteiger partial charge in [-0.15, -0.1) is 0 Å². The first-order valence-corrected chi connectivity index (χ1v) is 11.8. The first kappa shape index (κ1) is 27.2. The highest BCUT2D eigenvalue weighted by atomic mass is 35.5. The van der Waals surface area contributed by atoms with Crippen molar-refractivity contribution >= 4 is 29.2 Å². The lowest BCUT2D eigenvalue weighted by atomic mass is 10.0. The first-order chi connectivity index (χ1) is 17.5. The second-order valence-electron chi connectivity index (χ2n) is 7.85. The van der Waals surface area contributed by atoms with Gasteiger partial charge in [-0.25, -0.2) is 4.79 Å². The number of para-hydroxylation sites is 1. The molecular formula is C28H30ClNO6. The van der Waals surface area contributed by atoms with E-state index in [1.165, 1.54) is 7.11 Å².